The molecular weight excluding hydrogens is 280 g/mol. The van der Waals surface area contributed by atoms with E-state index in [1.54, 1.807) is 38.4 Å². The van der Waals surface area contributed by atoms with Gasteiger partial charge >= 0.3 is 0 Å². The van der Waals surface area contributed by atoms with E-state index in [2.05, 4.69) is 5.32 Å². The number of benzene rings is 1. The van der Waals surface area contributed by atoms with Gasteiger partial charge in [-0.05, 0) is 35.8 Å². The third kappa shape index (κ3) is 6.92. The molecule has 0 heterocycles. The summed E-state index contributed by atoms with van der Waals surface area (Å²) in [4.78, 5) is 24.6. The Labute approximate surface area is 132 Å². The number of hydrogen-bond acceptors (Lipinski definition) is 3. The van der Waals surface area contributed by atoms with Crippen molar-refractivity contribution in [1.29, 1.82) is 0 Å². The zero-order valence-corrected chi connectivity index (χ0v) is 13.8. The standard InChI is InChI=1S/C17H24N2O3/c1-17(2,3)11-10-15(20)18-13-6-8-14(9-7-13)22-12-16(21)19(4)5/h6-11H,12H2,1-5H3,(H,18,20). The normalized spacial score (nSPS) is 11.3. The molecule has 0 radical (unpaired) electrons. The molecule has 1 rings (SSSR count). The van der Waals surface area contributed by atoms with Gasteiger partial charge < -0.3 is 15.0 Å². The van der Waals surface area contributed by atoms with Crippen LogP contribution in [0, 0.1) is 5.41 Å². The second kappa shape index (κ2) is 7.64. The van der Waals surface area contributed by atoms with Gasteiger partial charge in [0, 0.05) is 19.8 Å². The number of carbonyl (C=O) groups is 2. The van der Waals surface area contributed by atoms with Crippen LogP contribution in [0.5, 0.6) is 5.75 Å². The van der Waals surface area contributed by atoms with Crippen molar-refractivity contribution in [2.45, 2.75) is 20.8 Å². The predicted octanol–water partition coefficient (Wildman–Crippen LogP) is 2.69. The zero-order valence-electron chi connectivity index (χ0n) is 13.8. The van der Waals surface area contributed by atoms with Gasteiger partial charge in [-0.25, -0.2) is 0 Å². The van der Waals surface area contributed by atoms with Crippen LogP contribution in [-0.2, 0) is 9.59 Å². The number of carbonyl (C=O) groups excluding carboxylic acids is 2. The minimum absolute atomic E-state index is 0.00692. The Kier molecular flexibility index (Phi) is 6.16. The summed E-state index contributed by atoms with van der Waals surface area (Å²) in [7, 11) is 3.35. The minimum Gasteiger partial charge on any atom is -0.484 e. The molecule has 1 aromatic carbocycles. The van der Waals surface area contributed by atoms with Crippen LogP contribution < -0.4 is 10.1 Å². The first-order valence-electron chi connectivity index (χ1n) is 7.10. The summed E-state index contributed by atoms with van der Waals surface area (Å²) >= 11 is 0. The van der Waals surface area contributed by atoms with Gasteiger partial charge in [0.05, 0.1) is 0 Å². The summed E-state index contributed by atoms with van der Waals surface area (Å²) in [5, 5.41) is 2.77. The molecular formula is C17H24N2O3. The van der Waals surface area contributed by atoms with Crippen LogP contribution in [-0.4, -0.2) is 37.4 Å². The molecule has 0 aliphatic rings. The van der Waals surface area contributed by atoms with Gasteiger partial charge in [-0.1, -0.05) is 26.8 Å². The highest BCUT2D eigenvalue weighted by Crippen LogP contribution is 2.17. The smallest absolute Gasteiger partial charge is 0.259 e. The largest absolute Gasteiger partial charge is 0.484 e. The molecule has 0 aliphatic carbocycles. The Morgan fingerprint density at radius 1 is 1.18 bits per heavy atom. The molecule has 0 atom stereocenters. The van der Waals surface area contributed by atoms with Gasteiger partial charge in [-0.15, -0.1) is 0 Å². The highest BCUT2D eigenvalue weighted by atomic mass is 16.5. The van der Waals surface area contributed by atoms with E-state index in [0.29, 0.717) is 11.4 Å². The van der Waals surface area contributed by atoms with Gasteiger partial charge in [-0.3, -0.25) is 9.59 Å². The van der Waals surface area contributed by atoms with Gasteiger partial charge in [0.25, 0.3) is 5.91 Å². The van der Waals surface area contributed by atoms with Crippen LogP contribution in [0.3, 0.4) is 0 Å². The molecule has 0 bridgehead atoms. The summed E-state index contributed by atoms with van der Waals surface area (Å²) < 4.78 is 5.36. The Morgan fingerprint density at radius 3 is 2.27 bits per heavy atom. The van der Waals surface area contributed by atoms with E-state index in [9.17, 15) is 9.59 Å². The highest BCUT2D eigenvalue weighted by Gasteiger charge is 2.07. The van der Waals surface area contributed by atoms with E-state index >= 15 is 0 Å². The van der Waals surface area contributed by atoms with E-state index in [-0.39, 0.29) is 23.8 Å². The van der Waals surface area contributed by atoms with Gasteiger partial charge in [0.15, 0.2) is 6.61 Å². The van der Waals surface area contributed by atoms with Gasteiger partial charge in [-0.2, -0.15) is 0 Å². The fraction of sp³-hybridized carbons (Fsp3) is 0.412. The van der Waals surface area contributed by atoms with Crippen LogP contribution >= 0.6 is 0 Å². The second-order valence-corrected chi connectivity index (χ2v) is 6.29. The first-order valence-corrected chi connectivity index (χ1v) is 7.10. The lowest BCUT2D eigenvalue weighted by molar-refractivity contribution is -0.130. The summed E-state index contributed by atoms with van der Waals surface area (Å²) in [6, 6.07) is 6.90. The lowest BCUT2D eigenvalue weighted by Crippen LogP contribution is -2.27. The van der Waals surface area contributed by atoms with Crippen LogP contribution in [0.15, 0.2) is 36.4 Å². The average molecular weight is 304 g/mol. The Balaban J connectivity index is 2.53. The quantitative estimate of drug-likeness (QED) is 0.851. The molecule has 1 aromatic rings. The molecule has 22 heavy (non-hydrogen) atoms. The molecule has 0 fully saturated rings. The molecule has 2 amide bonds. The number of rotatable bonds is 5. The number of likely N-dealkylation sites (N-methyl/N-ethyl adjacent to an activating group) is 1. The molecule has 5 heteroatoms. The maximum Gasteiger partial charge on any atom is 0.259 e. The molecule has 120 valence electrons. The summed E-state index contributed by atoms with van der Waals surface area (Å²) in [5.74, 6) is 0.300. The topological polar surface area (TPSA) is 58.6 Å². The fourth-order valence-corrected chi connectivity index (χ4v) is 1.42. The van der Waals surface area contributed by atoms with Crippen molar-refractivity contribution < 1.29 is 14.3 Å². The number of hydrogen-bond donors (Lipinski definition) is 1. The molecule has 1 N–H and O–H groups in total. The lowest BCUT2D eigenvalue weighted by Gasteiger charge is -2.12. The van der Waals surface area contributed by atoms with Crippen molar-refractivity contribution in [2.24, 2.45) is 5.41 Å². The zero-order chi connectivity index (χ0) is 16.8. The van der Waals surface area contributed by atoms with Gasteiger partial charge in [0.2, 0.25) is 5.91 Å². The maximum atomic E-state index is 11.8. The van der Waals surface area contributed by atoms with Crippen molar-refractivity contribution in [2.75, 3.05) is 26.0 Å². The summed E-state index contributed by atoms with van der Waals surface area (Å²) in [6.07, 6.45) is 3.38. The summed E-state index contributed by atoms with van der Waals surface area (Å²) in [5.41, 5.74) is 0.642. The molecule has 0 spiro atoms. The second-order valence-electron chi connectivity index (χ2n) is 6.29. The Bertz CT molecular complexity index is 540. The maximum absolute atomic E-state index is 11.8. The fourth-order valence-electron chi connectivity index (χ4n) is 1.42. The van der Waals surface area contributed by atoms with Crippen molar-refractivity contribution in [3.8, 4) is 5.75 Å². The van der Waals surface area contributed by atoms with Gasteiger partial charge in [0.1, 0.15) is 5.75 Å². The number of amides is 2. The molecule has 0 saturated heterocycles. The van der Waals surface area contributed by atoms with Crippen molar-refractivity contribution in [3.63, 3.8) is 0 Å². The van der Waals surface area contributed by atoms with Crippen molar-refractivity contribution in [3.05, 3.63) is 36.4 Å². The van der Waals surface area contributed by atoms with E-state index in [0.717, 1.165) is 0 Å². The van der Waals surface area contributed by atoms with Crippen LogP contribution in [0.2, 0.25) is 0 Å². The Hall–Kier alpha value is -2.30. The highest BCUT2D eigenvalue weighted by molar-refractivity contribution is 5.99. The summed E-state index contributed by atoms with van der Waals surface area (Å²) in [6.45, 7) is 6.07. The molecule has 0 unspecified atom stereocenters. The van der Waals surface area contributed by atoms with E-state index < -0.39 is 0 Å². The average Bonchev–Trinajstić information content (AvgIpc) is 2.43. The van der Waals surface area contributed by atoms with Crippen LogP contribution in [0.4, 0.5) is 5.69 Å². The van der Waals surface area contributed by atoms with E-state index in [1.165, 1.54) is 11.0 Å². The first-order chi connectivity index (χ1) is 10.2. The molecule has 0 saturated carbocycles. The van der Waals surface area contributed by atoms with Crippen molar-refractivity contribution >= 4 is 17.5 Å². The number of nitrogens with one attached hydrogen (secondary N) is 1. The molecule has 0 aromatic heterocycles. The first kappa shape index (κ1) is 17.8. The third-order valence-electron chi connectivity index (χ3n) is 2.72. The lowest BCUT2D eigenvalue weighted by atomic mass is 9.96. The Morgan fingerprint density at radius 2 is 1.77 bits per heavy atom. The number of nitrogens with zero attached hydrogens (tertiary/aromatic N) is 1. The number of anilines is 1. The predicted molar refractivity (Wildman–Crippen MR) is 87.9 cm³/mol. The third-order valence-corrected chi connectivity index (χ3v) is 2.72. The van der Waals surface area contributed by atoms with Crippen LogP contribution in [0.25, 0.3) is 0 Å². The molecule has 5 nitrogen and oxygen atoms in total. The monoisotopic (exact) mass is 304 g/mol. The number of allylic oxidation sites excluding steroid dienone is 1. The van der Waals surface area contributed by atoms with E-state index in [4.69, 9.17) is 4.74 Å². The van der Waals surface area contributed by atoms with E-state index in [1.807, 2.05) is 26.8 Å². The van der Waals surface area contributed by atoms with Crippen LogP contribution in [0.1, 0.15) is 20.8 Å². The minimum atomic E-state index is -0.175. The van der Waals surface area contributed by atoms with Crippen molar-refractivity contribution in [1.82, 2.24) is 4.90 Å². The molecule has 0 aliphatic heterocycles. The SMILES string of the molecule is CN(C)C(=O)COc1ccc(NC(=O)C=CC(C)(C)C)cc1. The number of ether oxygens (including phenoxy) is 1.